The molecule has 1 aliphatic rings. The summed E-state index contributed by atoms with van der Waals surface area (Å²) in [6, 6.07) is 20.5. The van der Waals surface area contributed by atoms with E-state index < -0.39 is 0 Å². The lowest BCUT2D eigenvalue weighted by atomic mass is 10.0. The second-order valence-corrected chi connectivity index (χ2v) is 7.70. The molecule has 0 bridgehead atoms. The van der Waals surface area contributed by atoms with Gasteiger partial charge in [-0.3, -0.25) is 0 Å². The fourth-order valence-corrected chi connectivity index (χ4v) is 3.91. The van der Waals surface area contributed by atoms with Crippen LogP contribution in [0.3, 0.4) is 0 Å². The molecule has 0 aliphatic carbocycles. The molecule has 1 aliphatic heterocycles. The zero-order valence-electron chi connectivity index (χ0n) is 16.1. The Bertz CT molecular complexity index is 1160. The molecule has 0 spiro atoms. The highest BCUT2D eigenvalue weighted by atomic mass is 35.5. The minimum Gasteiger partial charge on any atom is -0.459 e. The highest BCUT2D eigenvalue weighted by Gasteiger charge is 2.27. The molecule has 2 N–H and O–H groups in total. The number of hydrogen-bond donors (Lipinski definition) is 2. The fraction of sp³-hybridized carbons (Fsp3) is 0.217. The minimum absolute atomic E-state index is 0.0103. The van der Waals surface area contributed by atoms with Crippen LogP contribution in [0.2, 0.25) is 5.02 Å². The largest absolute Gasteiger partial charge is 0.459 e. The van der Waals surface area contributed by atoms with Gasteiger partial charge in [0.15, 0.2) is 5.65 Å². The van der Waals surface area contributed by atoms with Crippen molar-refractivity contribution in [3.8, 4) is 28.4 Å². The van der Waals surface area contributed by atoms with Gasteiger partial charge in [0.1, 0.15) is 6.10 Å². The van der Waals surface area contributed by atoms with Crippen LogP contribution in [-0.4, -0.2) is 45.5 Å². The third-order valence-corrected chi connectivity index (χ3v) is 5.48. The summed E-state index contributed by atoms with van der Waals surface area (Å²) in [5.41, 5.74) is 5.12. The Kier molecular flexibility index (Phi) is 5.12. The van der Waals surface area contributed by atoms with Crippen LogP contribution in [0.1, 0.15) is 6.42 Å². The number of aliphatic hydroxyl groups is 1. The predicted molar refractivity (Wildman–Crippen MR) is 116 cm³/mol. The Morgan fingerprint density at radius 2 is 1.77 bits per heavy atom. The van der Waals surface area contributed by atoms with E-state index in [-0.39, 0.29) is 18.8 Å². The number of imidazole rings is 1. The van der Waals surface area contributed by atoms with Crippen LogP contribution in [0.4, 0.5) is 0 Å². The maximum absolute atomic E-state index is 9.19. The van der Waals surface area contributed by atoms with Crippen molar-refractivity contribution in [1.82, 2.24) is 15.0 Å². The summed E-state index contributed by atoms with van der Waals surface area (Å²) in [4.78, 5) is 12.2. The first-order valence-corrected chi connectivity index (χ1v) is 10.2. The Balaban J connectivity index is 1.40. The molecule has 0 amide bonds. The van der Waals surface area contributed by atoms with Gasteiger partial charge in [0.2, 0.25) is 0 Å². The van der Waals surface area contributed by atoms with Crippen LogP contribution in [0, 0.1) is 0 Å². The highest BCUT2D eigenvalue weighted by Crippen LogP contribution is 2.31. The number of nitrogens with zero attached hydrogens (tertiary/aromatic N) is 2. The monoisotopic (exact) mass is 421 g/mol. The zero-order chi connectivity index (χ0) is 20.5. The average Bonchev–Trinajstić information content (AvgIpc) is 3.40. The maximum atomic E-state index is 9.19. The summed E-state index contributed by atoms with van der Waals surface area (Å²) in [6.07, 6.45) is 0.293. The summed E-state index contributed by atoms with van der Waals surface area (Å²) in [5, 5.41) is 9.72. The second-order valence-electron chi connectivity index (χ2n) is 7.29. The number of halogens is 1. The van der Waals surface area contributed by atoms with Gasteiger partial charge in [0, 0.05) is 12.0 Å². The molecular weight excluding hydrogens is 402 g/mol. The lowest BCUT2D eigenvalue weighted by Gasteiger charge is -2.07. The van der Waals surface area contributed by atoms with Crippen molar-refractivity contribution < 1.29 is 14.6 Å². The lowest BCUT2D eigenvalue weighted by Crippen LogP contribution is -2.17. The molecule has 2 atom stereocenters. The predicted octanol–water partition coefficient (Wildman–Crippen LogP) is 4.47. The first-order valence-electron chi connectivity index (χ1n) is 9.81. The smallest absolute Gasteiger partial charge is 0.296 e. The molecule has 2 aromatic heterocycles. The molecule has 4 aromatic rings. The SMILES string of the molecule is OC[C@@H]1C[C@H](Oc2nc3nc(-c4ccc(-c5ccccc5)cc4)c(Cl)cc3[nH]2)CO1. The van der Waals surface area contributed by atoms with Crippen LogP contribution >= 0.6 is 11.6 Å². The normalized spacial score (nSPS) is 18.7. The zero-order valence-corrected chi connectivity index (χ0v) is 16.8. The molecule has 0 saturated carbocycles. The number of aromatic amines is 1. The van der Waals surface area contributed by atoms with E-state index in [1.807, 2.05) is 36.4 Å². The molecule has 1 saturated heterocycles. The summed E-state index contributed by atoms with van der Waals surface area (Å²) in [7, 11) is 0. The third-order valence-electron chi connectivity index (χ3n) is 5.20. The topological polar surface area (TPSA) is 80.3 Å². The van der Waals surface area contributed by atoms with Gasteiger partial charge in [-0.1, -0.05) is 66.2 Å². The van der Waals surface area contributed by atoms with Crippen LogP contribution in [0.15, 0.2) is 60.7 Å². The van der Waals surface area contributed by atoms with E-state index in [1.165, 1.54) is 0 Å². The number of rotatable bonds is 5. The van der Waals surface area contributed by atoms with Crippen LogP contribution < -0.4 is 4.74 Å². The van der Waals surface area contributed by atoms with E-state index in [0.29, 0.717) is 40.9 Å². The number of pyridine rings is 1. The molecule has 6 nitrogen and oxygen atoms in total. The average molecular weight is 422 g/mol. The first-order chi connectivity index (χ1) is 14.7. The van der Waals surface area contributed by atoms with E-state index in [2.05, 4.69) is 39.2 Å². The summed E-state index contributed by atoms with van der Waals surface area (Å²) in [6.45, 7) is 0.416. The van der Waals surface area contributed by atoms with Gasteiger partial charge >= 0.3 is 0 Å². The standard InChI is InChI=1S/C23H20ClN3O3/c24-19-11-20-22(27-23(25-20)30-18-10-17(12-28)29-13-18)26-21(19)16-8-6-15(7-9-16)14-4-2-1-3-5-14/h1-9,11,17-18,28H,10,12-13H2,(H,25,26,27)/t17-,18-/m0/s1. The molecular formula is C23H20ClN3O3. The van der Waals surface area contributed by atoms with Gasteiger partial charge in [-0.2, -0.15) is 4.98 Å². The number of aliphatic hydroxyl groups excluding tert-OH is 1. The summed E-state index contributed by atoms with van der Waals surface area (Å²) < 4.78 is 11.3. The number of nitrogens with one attached hydrogen (secondary N) is 1. The molecule has 2 aromatic carbocycles. The van der Waals surface area contributed by atoms with Gasteiger partial charge < -0.3 is 19.6 Å². The van der Waals surface area contributed by atoms with E-state index in [4.69, 9.17) is 21.1 Å². The Hall–Kier alpha value is -2.93. The van der Waals surface area contributed by atoms with Crippen molar-refractivity contribution in [3.63, 3.8) is 0 Å². The Labute approximate surface area is 178 Å². The second kappa shape index (κ2) is 8.07. The molecule has 5 rings (SSSR count). The lowest BCUT2D eigenvalue weighted by molar-refractivity contribution is 0.0528. The Morgan fingerprint density at radius 3 is 2.50 bits per heavy atom. The van der Waals surface area contributed by atoms with Gasteiger partial charge in [-0.05, 0) is 17.2 Å². The van der Waals surface area contributed by atoms with E-state index >= 15 is 0 Å². The summed E-state index contributed by atoms with van der Waals surface area (Å²) >= 11 is 6.51. The van der Waals surface area contributed by atoms with E-state index in [1.54, 1.807) is 0 Å². The van der Waals surface area contributed by atoms with Gasteiger partial charge in [-0.25, -0.2) is 4.98 Å². The van der Waals surface area contributed by atoms with E-state index in [0.717, 1.165) is 16.7 Å². The number of hydrogen-bond acceptors (Lipinski definition) is 5. The quantitative estimate of drug-likeness (QED) is 0.496. The van der Waals surface area contributed by atoms with Crippen molar-refractivity contribution in [2.75, 3.05) is 13.2 Å². The number of H-pyrrole nitrogens is 1. The molecule has 7 heteroatoms. The number of ether oxygens (including phenoxy) is 2. The van der Waals surface area contributed by atoms with Gasteiger partial charge in [-0.15, -0.1) is 0 Å². The van der Waals surface area contributed by atoms with Crippen LogP contribution in [-0.2, 0) is 4.74 Å². The van der Waals surface area contributed by atoms with Crippen molar-refractivity contribution >= 4 is 22.8 Å². The Morgan fingerprint density at radius 1 is 1.03 bits per heavy atom. The van der Waals surface area contributed by atoms with Gasteiger partial charge in [0.05, 0.1) is 35.6 Å². The molecule has 0 radical (unpaired) electrons. The fourth-order valence-electron chi connectivity index (χ4n) is 3.65. The number of benzene rings is 2. The van der Waals surface area contributed by atoms with Gasteiger partial charge in [0.25, 0.3) is 6.01 Å². The summed E-state index contributed by atoms with van der Waals surface area (Å²) in [5.74, 6) is 0. The minimum atomic E-state index is -0.183. The van der Waals surface area contributed by atoms with Crippen LogP contribution in [0.25, 0.3) is 33.5 Å². The first kappa shape index (κ1) is 19.1. The highest BCUT2D eigenvalue weighted by molar-refractivity contribution is 6.33. The third kappa shape index (κ3) is 3.77. The van der Waals surface area contributed by atoms with Crippen molar-refractivity contribution in [1.29, 1.82) is 0 Å². The molecule has 1 fully saturated rings. The van der Waals surface area contributed by atoms with Crippen LogP contribution in [0.5, 0.6) is 6.01 Å². The maximum Gasteiger partial charge on any atom is 0.296 e. The van der Waals surface area contributed by atoms with E-state index in [9.17, 15) is 5.11 Å². The molecule has 3 heterocycles. The molecule has 0 unspecified atom stereocenters. The van der Waals surface area contributed by atoms with Crippen molar-refractivity contribution in [3.05, 3.63) is 65.7 Å². The van der Waals surface area contributed by atoms with Crippen molar-refractivity contribution in [2.45, 2.75) is 18.6 Å². The number of aromatic nitrogens is 3. The molecule has 152 valence electrons. The molecule has 30 heavy (non-hydrogen) atoms. The van der Waals surface area contributed by atoms with Crippen molar-refractivity contribution in [2.24, 2.45) is 0 Å². The number of fused-ring (bicyclic) bond motifs is 1.